The van der Waals surface area contributed by atoms with E-state index in [2.05, 4.69) is 0 Å². The summed E-state index contributed by atoms with van der Waals surface area (Å²) in [6.07, 6.45) is 1.69. The number of aliphatic carboxylic acids is 1. The Morgan fingerprint density at radius 2 is 1.90 bits per heavy atom. The minimum atomic E-state index is -1.07. The Hall–Kier alpha value is -3.48. The molecule has 1 heterocycles. The van der Waals surface area contributed by atoms with Crippen molar-refractivity contribution in [1.82, 2.24) is 0 Å². The fourth-order valence-electron chi connectivity index (χ4n) is 3.14. The van der Waals surface area contributed by atoms with Crippen molar-refractivity contribution in [1.29, 1.82) is 0 Å². The Bertz CT molecular complexity index is 970. The molecule has 0 bridgehead atoms. The third-order valence-corrected chi connectivity index (χ3v) is 4.58. The monoisotopic (exact) mass is 398 g/mol. The fourth-order valence-corrected chi connectivity index (χ4v) is 3.14. The Morgan fingerprint density at radius 1 is 1.21 bits per heavy atom. The molecular weight excluding hydrogens is 376 g/mol. The number of rotatable bonds is 6. The molecule has 2 aromatic rings. The van der Waals surface area contributed by atoms with Gasteiger partial charge in [-0.1, -0.05) is 23.8 Å². The summed E-state index contributed by atoms with van der Waals surface area (Å²) in [5.74, 6) is -1.22. The highest BCUT2D eigenvalue weighted by atomic mass is 16.5. The van der Waals surface area contributed by atoms with Crippen LogP contribution in [0.15, 0.2) is 42.0 Å². The second-order valence-corrected chi connectivity index (χ2v) is 7.07. The van der Waals surface area contributed by atoms with Crippen molar-refractivity contribution in [3.8, 4) is 23.0 Å². The highest BCUT2D eigenvalue weighted by Crippen LogP contribution is 2.45. The van der Waals surface area contributed by atoms with Gasteiger partial charge in [0.25, 0.3) is 0 Å². The van der Waals surface area contributed by atoms with Crippen LogP contribution in [0.5, 0.6) is 23.0 Å². The molecule has 0 spiro atoms. The smallest absolute Gasteiger partial charge is 0.341 e. The predicted octanol–water partition coefficient (Wildman–Crippen LogP) is 3.78. The summed E-state index contributed by atoms with van der Waals surface area (Å²) in [7, 11) is 0. The van der Waals surface area contributed by atoms with E-state index in [1.165, 1.54) is 6.07 Å². The number of phenolic OH excluding ortho intramolecular Hbond substituents is 2. The fraction of sp³-hybridized carbons (Fsp3) is 0.273. The molecule has 7 nitrogen and oxygen atoms in total. The predicted molar refractivity (Wildman–Crippen MR) is 105 cm³/mol. The molecule has 152 valence electrons. The van der Waals surface area contributed by atoms with Crippen LogP contribution >= 0.6 is 0 Å². The Morgan fingerprint density at radius 3 is 2.52 bits per heavy atom. The molecule has 2 aromatic carbocycles. The van der Waals surface area contributed by atoms with E-state index < -0.39 is 18.7 Å². The number of allylic oxidation sites excluding steroid dienone is 2. The maximum atomic E-state index is 12.7. The first-order chi connectivity index (χ1) is 13.8. The number of ketones is 1. The number of aromatic hydroxyl groups is 2. The van der Waals surface area contributed by atoms with E-state index >= 15 is 0 Å². The molecule has 0 fully saturated rings. The first kappa shape index (κ1) is 20.3. The molecule has 0 aliphatic carbocycles. The van der Waals surface area contributed by atoms with E-state index in [4.69, 9.17) is 14.6 Å². The zero-order chi connectivity index (χ0) is 21.1. The van der Waals surface area contributed by atoms with Crippen LogP contribution in [-0.4, -0.2) is 33.7 Å². The van der Waals surface area contributed by atoms with Crippen LogP contribution < -0.4 is 9.47 Å². The van der Waals surface area contributed by atoms with Crippen molar-refractivity contribution in [2.24, 2.45) is 0 Å². The standard InChI is InChI=1S/C22H22O7/c1-12(2)3-8-15-16(23)9-17(24)21-18(25)10-19(29-22(15)21)13-4-6-14(7-5-13)28-11-20(26)27/h3-7,9,19,23-24H,8,10-11H2,1-2H3,(H,26,27). The lowest BCUT2D eigenvalue weighted by molar-refractivity contribution is -0.139. The van der Waals surface area contributed by atoms with Crippen molar-refractivity contribution in [2.45, 2.75) is 32.8 Å². The van der Waals surface area contributed by atoms with Gasteiger partial charge in [0.05, 0.1) is 6.42 Å². The van der Waals surface area contributed by atoms with E-state index in [-0.39, 0.29) is 35.0 Å². The van der Waals surface area contributed by atoms with Gasteiger partial charge in [0, 0.05) is 11.6 Å². The van der Waals surface area contributed by atoms with Crippen molar-refractivity contribution in [2.75, 3.05) is 6.61 Å². The number of hydrogen-bond donors (Lipinski definition) is 3. The minimum absolute atomic E-state index is 0.0305. The first-order valence-corrected chi connectivity index (χ1v) is 9.11. The minimum Gasteiger partial charge on any atom is -0.507 e. The van der Waals surface area contributed by atoms with Gasteiger partial charge in [-0.3, -0.25) is 4.79 Å². The van der Waals surface area contributed by atoms with E-state index in [1.807, 2.05) is 19.9 Å². The normalized spacial score (nSPS) is 15.2. The van der Waals surface area contributed by atoms with Crippen LogP contribution in [0.4, 0.5) is 0 Å². The van der Waals surface area contributed by atoms with Gasteiger partial charge in [-0.15, -0.1) is 0 Å². The summed E-state index contributed by atoms with van der Waals surface area (Å²) in [4.78, 5) is 23.3. The van der Waals surface area contributed by atoms with Crippen molar-refractivity contribution in [3.63, 3.8) is 0 Å². The molecule has 1 atom stereocenters. The topological polar surface area (TPSA) is 113 Å². The Kier molecular flexibility index (Phi) is 5.77. The van der Waals surface area contributed by atoms with Gasteiger partial charge < -0.3 is 24.8 Å². The van der Waals surface area contributed by atoms with Crippen LogP contribution in [0, 0.1) is 0 Å². The number of carboxylic acids is 1. The van der Waals surface area contributed by atoms with Crippen LogP contribution in [-0.2, 0) is 11.2 Å². The third kappa shape index (κ3) is 4.51. The van der Waals surface area contributed by atoms with E-state index in [9.17, 15) is 19.8 Å². The van der Waals surface area contributed by atoms with E-state index in [0.717, 1.165) is 5.57 Å². The molecule has 0 amide bonds. The molecule has 0 saturated carbocycles. The quantitative estimate of drug-likeness (QED) is 0.635. The number of carbonyl (C=O) groups is 2. The lowest BCUT2D eigenvalue weighted by Crippen LogP contribution is -2.21. The second-order valence-electron chi connectivity index (χ2n) is 7.07. The third-order valence-electron chi connectivity index (χ3n) is 4.58. The first-order valence-electron chi connectivity index (χ1n) is 9.11. The highest BCUT2D eigenvalue weighted by molar-refractivity contribution is 6.03. The van der Waals surface area contributed by atoms with Crippen LogP contribution in [0.25, 0.3) is 0 Å². The SMILES string of the molecule is CC(C)=CCc1c(O)cc(O)c2c1OC(c1ccc(OCC(=O)O)cc1)CC2=O. The molecule has 29 heavy (non-hydrogen) atoms. The average Bonchev–Trinajstić information content (AvgIpc) is 2.65. The van der Waals surface area contributed by atoms with Gasteiger partial charge >= 0.3 is 5.97 Å². The van der Waals surface area contributed by atoms with Gasteiger partial charge in [-0.05, 0) is 38.0 Å². The van der Waals surface area contributed by atoms with Gasteiger partial charge in [-0.2, -0.15) is 0 Å². The number of carboxylic acid groups (broad SMARTS) is 1. The average molecular weight is 398 g/mol. The van der Waals surface area contributed by atoms with Crippen molar-refractivity contribution < 1.29 is 34.4 Å². The summed E-state index contributed by atoms with van der Waals surface area (Å²) in [6, 6.07) is 7.76. The van der Waals surface area contributed by atoms with Crippen molar-refractivity contribution >= 4 is 11.8 Å². The molecule has 1 aliphatic rings. The second kappa shape index (κ2) is 8.26. The van der Waals surface area contributed by atoms with Crippen LogP contribution in [0.3, 0.4) is 0 Å². The zero-order valence-corrected chi connectivity index (χ0v) is 16.1. The molecule has 3 N–H and O–H groups in total. The molecule has 7 heteroatoms. The van der Waals surface area contributed by atoms with Crippen molar-refractivity contribution in [3.05, 3.63) is 58.7 Å². The number of hydrogen-bond acceptors (Lipinski definition) is 6. The Balaban J connectivity index is 1.92. The highest BCUT2D eigenvalue weighted by Gasteiger charge is 2.33. The number of fused-ring (bicyclic) bond motifs is 1. The molecule has 0 saturated heterocycles. The lowest BCUT2D eigenvalue weighted by atomic mass is 9.92. The van der Waals surface area contributed by atoms with Gasteiger partial charge in [0.2, 0.25) is 0 Å². The summed E-state index contributed by atoms with van der Waals surface area (Å²) in [5, 5.41) is 29.1. The largest absolute Gasteiger partial charge is 0.507 e. The lowest BCUT2D eigenvalue weighted by Gasteiger charge is -2.28. The van der Waals surface area contributed by atoms with E-state index in [1.54, 1.807) is 24.3 Å². The number of carbonyl (C=O) groups excluding carboxylic acids is 1. The van der Waals surface area contributed by atoms with Gasteiger partial charge in [-0.25, -0.2) is 4.79 Å². The number of ether oxygens (including phenoxy) is 2. The molecule has 1 aliphatic heterocycles. The number of Topliss-reactive ketones (excluding diaryl/α,β-unsaturated/α-hetero) is 1. The van der Waals surface area contributed by atoms with Crippen LogP contribution in [0.1, 0.15) is 47.9 Å². The summed E-state index contributed by atoms with van der Waals surface area (Å²) in [5.41, 5.74) is 2.26. The maximum absolute atomic E-state index is 12.7. The maximum Gasteiger partial charge on any atom is 0.341 e. The number of benzene rings is 2. The molecule has 3 rings (SSSR count). The zero-order valence-electron chi connectivity index (χ0n) is 16.1. The van der Waals surface area contributed by atoms with Gasteiger partial charge in [0.15, 0.2) is 12.4 Å². The summed E-state index contributed by atoms with van der Waals surface area (Å²) in [6.45, 7) is 3.40. The Labute approximate surface area is 167 Å². The summed E-state index contributed by atoms with van der Waals surface area (Å²) < 4.78 is 11.2. The molecule has 1 unspecified atom stereocenters. The molecule has 0 aromatic heterocycles. The van der Waals surface area contributed by atoms with Gasteiger partial charge in [0.1, 0.15) is 34.7 Å². The van der Waals surface area contributed by atoms with Crippen LogP contribution in [0.2, 0.25) is 0 Å². The molecular formula is C22H22O7. The van der Waals surface area contributed by atoms with E-state index in [0.29, 0.717) is 23.3 Å². The number of phenols is 2. The summed E-state index contributed by atoms with van der Waals surface area (Å²) >= 11 is 0. The molecule has 0 radical (unpaired) electrons.